The van der Waals surface area contributed by atoms with Gasteiger partial charge in [-0.15, -0.1) is 0 Å². The van der Waals surface area contributed by atoms with Crippen LogP contribution >= 0.6 is 75.3 Å². The van der Waals surface area contributed by atoms with Gasteiger partial charge in [0.1, 0.15) is 16.8 Å². The largest absolute Gasteiger partial charge is 0.488 e. The molecule has 0 aliphatic heterocycles. The van der Waals surface area contributed by atoms with Crippen LogP contribution in [0.3, 0.4) is 0 Å². The van der Waals surface area contributed by atoms with Crippen LogP contribution < -0.4 is 55.7 Å². The van der Waals surface area contributed by atoms with E-state index in [1.165, 1.54) is 18.6 Å². The highest BCUT2D eigenvalue weighted by Gasteiger charge is 2.23. The molecule has 0 saturated carbocycles. The molecule has 0 spiro atoms. The second kappa shape index (κ2) is 39.1. The van der Waals surface area contributed by atoms with Gasteiger partial charge < -0.3 is 43.6 Å². The van der Waals surface area contributed by atoms with Crippen LogP contribution in [0.1, 0.15) is 67.4 Å². The normalized spacial score (nSPS) is 11.1. The van der Waals surface area contributed by atoms with Crippen LogP contribution in [0.4, 0.5) is 46.5 Å². The number of benzene rings is 6. The molecular formula is C78H72BCl3N20O5S3. The Morgan fingerprint density at radius 1 is 0.455 bits per heavy atom. The van der Waals surface area contributed by atoms with Crippen LogP contribution in [-0.4, -0.2) is 70.7 Å². The van der Waals surface area contributed by atoms with Gasteiger partial charge in [0.05, 0.1) is 58.0 Å². The van der Waals surface area contributed by atoms with Crippen molar-refractivity contribution in [3.63, 3.8) is 0 Å². The highest BCUT2D eigenvalue weighted by molar-refractivity contribution is 7.59. The number of nitrogens with one attached hydrogen (secondary N) is 2. The second-order valence-corrected chi connectivity index (χ2v) is 25.0. The summed E-state index contributed by atoms with van der Waals surface area (Å²) in [6.45, 7) is 30.8. The van der Waals surface area contributed by atoms with Crippen molar-refractivity contribution >= 4 is 167 Å². The maximum atomic E-state index is 14.2. The number of para-hydroxylation sites is 3. The van der Waals surface area contributed by atoms with Gasteiger partial charge in [-0.05, 0) is 158 Å². The van der Waals surface area contributed by atoms with E-state index in [0.29, 0.717) is 54.7 Å². The lowest BCUT2D eigenvalue weighted by atomic mass is 9.81. The maximum absolute atomic E-state index is 14.2. The molecule has 25 nitrogen and oxygen atoms in total. The van der Waals surface area contributed by atoms with Crippen LogP contribution in [0.5, 0.6) is 0 Å². The molecule has 0 aliphatic carbocycles. The Morgan fingerprint density at radius 3 is 1.22 bits per heavy atom. The minimum Gasteiger partial charge on any atom is -0.423 e. The zero-order valence-corrected chi connectivity index (χ0v) is 64.7. The standard InChI is InChI=1S/C28H23N7O.C22H17ClN6O.C17H15ClN2O.C6H8BNO2.C5H3ClN4.3H2S/c1-17-14-19(12-13-31-17)22-11-7-8-20-15-24(18(2)33-26-23(30-3)16-32-28(29)34-26)35(27(36)25(20)22)21-9-5-4-6-10-21;1-13(27-20-17(25-2)12-26-22(24)28-20)18-11-14-7-6-10-16(23)19(14)21(30)29(18)15-8-4-3-5-9-15;1-11(19)15-10-12-6-5-9-14(18)16(12)17(21)20(15)13-7-3-2-4-8-13;1-5-4-6(7(9)10)2-3-8-5;1-8-3-2-9-5(7)10-4(3)6;;;/h4-16,18H,1-2H3,(H3,29,32,33,34);3-13H,1H3,(H3,24,26,27,28);2-11H,19H2,1H3;2-4,9-10H,1H3;2H,(H2,7,9,10);3*1H2/t18-;13-;11-;;;;;/m000...../s1. The molecule has 12 N–H and O–H groups in total. The first-order chi connectivity index (χ1) is 51.5. The first-order valence-electron chi connectivity index (χ1n) is 32.7. The van der Waals surface area contributed by atoms with Gasteiger partial charge in [-0.3, -0.25) is 38.1 Å². The quantitative estimate of drug-likeness (QED) is 0.0320. The van der Waals surface area contributed by atoms with Gasteiger partial charge in [0.15, 0.2) is 0 Å². The Morgan fingerprint density at radius 2 is 0.827 bits per heavy atom. The van der Waals surface area contributed by atoms with Crippen LogP contribution in [0, 0.1) is 33.6 Å². The second-order valence-electron chi connectivity index (χ2n) is 23.8. The van der Waals surface area contributed by atoms with Crippen molar-refractivity contribution in [2.45, 2.75) is 52.7 Å². The number of nitrogens with zero attached hydrogens (tertiary/aromatic N) is 14. The molecule has 3 atom stereocenters. The average Bonchev–Trinajstić information content (AvgIpc) is 0.763. The Kier molecular flexibility index (Phi) is 30.2. The molecule has 8 aromatic heterocycles. The molecule has 6 aromatic carbocycles. The highest BCUT2D eigenvalue weighted by atomic mass is 35.5. The first-order valence-corrected chi connectivity index (χ1v) is 33.8. The summed E-state index contributed by atoms with van der Waals surface area (Å²) in [5.74, 6) is 0.829. The molecule has 14 rings (SSSR count). The molecule has 0 aliphatic rings. The summed E-state index contributed by atoms with van der Waals surface area (Å²) in [6.07, 6.45) is 7.34. The van der Waals surface area contributed by atoms with E-state index in [1.54, 1.807) is 63.4 Å². The number of nitrogens with two attached hydrogens (primary N) is 4. The minimum atomic E-state index is -1.39. The van der Waals surface area contributed by atoms with E-state index in [1.807, 2.05) is 185 Å². The van der Waals surface area contributed by atoms with Crippen molar-refractivity contribution in [2.75, 3.05) is 27.8 Å². The molecule has 0 radical (unpaired) electrons. The molecule has 0 bridgehead atoms. The molecule has 8 heterocycles. The Hall–Kier alpha value is -12.2. The lowest BCUT2D eigenvalue weighted by Crippen LogP contribution is -2.29. The van der Waals surface area contributed by atoms with Crippen molar-refractivity contribution in [3.8, 4) is 28.2 Å². The summed E-state index contributed by atoms with van der Waals surface area (Å²) in [7, 11) is -1.39. The van der Waals surface area contributed by atoms with Crippen LogP contribution in [0.25, 0.3) is 75.0 Å². The molecule has 0 unspecified atom stereocenters. The minimum absolute atomic E-state index is 0. The fraction of sp³-hybridized carbons (Fsp3) is 0.103. The van der Waals surface area contributed by atoms with E-state index < -0.39 is 7.12 Å². The number of pyridine rings is 5. The van der Waals surface area contributed by atoms with Crippen molar-refractivity contribution in [3.05, 3.63) is 328 Å². The highest BCUT2D eigenvalue weighted by Crippen LogP contribution is 2.34. The lowest BCUT2D eigenvalue weighted by Gasteiger charge is -2.22. The lowest BCUT2D eigenvalue weighted by molar-refractivity contribution is 0.425. The summed E-state index contributed by atoms with van der Waals surface area (Å²) in [4.78, 5) is 82.0. The maximum Gasteiger partial charge on any atom is 0.488 e. The van der Waals surface area contributed by atoms with E-state index in [-0.39, 0.29) is 115 Å². The fourth-order valence-electron chi connectivity index (χ4n) is 11.4. The molecular weight excluding hydrogens is 1510 g/mol. The van der Waals surface area contributed by atoms with Crippen LogP contribution in [0.15, 0.2) is 233 Å². The summed E-state index contributed by atoms with van der Waals surface area (Å²) < 4.78 is 4.96. The predicted molar refractivity (Wildman–Crippen MR) is 456 cm³/mol. The van der Waals surface area contributed by atoms with Gasteiger partial charge in [0.2, 0.25) is 34.9 Å². The number of hydrogen-bond donors (Lipinski definition) is 8. The number of anilines is 5. The van der Waals surface area contributed by atoms with Gasteiger partial charge in [0.25, 0.3) is 16.7 Å². The summed E-state index contributed by atoms with van der Waals surface area (Å²) in [5.41, 5.74) is 31.2. The predicted octanol–water partition coefficient (Wildman–Crippen LogP) is 14.5. The van der Waals surface area contributed by atoms with Gasteiger partial charge in [-0.2, -0.15) is 40.5 Å². The van der Waals surface area contributed by atoms with Gasteiger partial charge in [-0.25, -0.2) is 44.4 Å². The van der Waals surface area contributed by atoms with Crippen LogP contribution in [0.2, 0.25) is 15.2 Å². The molecule has 0 fully saturated rings. The number of aromatic nitrogens is 11. The first kappa shape index (κ1) is 85.1. The van der Waals surface area contributed by atoms with Crippen molar-refractivity contribution in [1.29, 1.82) is 0 Å². The third-order valence-corrected chi connectivity index (χ3v) is 17.2. The number of rotatable bonds is 12. The zero-order chi connectivity index (χ0) is 76.6. The summed E-state index contributed by atoms with van der Waals surface area (Å²) >= 11 is 18.0. The topological polar surface area (TPSA) is 351 Å². The number of nitrogen functional groups attached to an aromatic ring is 3. The van der Waals surface area contributed by atoms with E-state index >= 15 is 0 Å². The smallest absolute Gasteiger partial charge is 0.423 e. The van der Waals surface area contributed by atoms with Gasteiger partial charge >= 0.3 is 7.12 Å². The number of fused-ring (bicyclic) bond motifs is 3. The Labute approximate surface area is 668 Å². The number of aryl methyl sites for hydroxylation is 2. The van der Waals surface area contributed by atoms with Crippen molar-refractivity contribution < 1.29 is 10.0 Å². The molecule has 32 heteroatoms. The monoisotopic (exact) mass is 1580 g/mol. The van der Waals surface area contributed by atoms with E-state index in [9.17, 15) is 14.4 Å². The Balaban J connectivity index is 0.000000205. The van der Waals surface area contributed by atoms with E-state index in [4.69, 9.17) is 87.5 Å². The number of hydrogen-bond acceptors (Lipinski definition) is 19. The van der Waals surface area contributed by atoms with Gasteiger partial charge in [-0.1, -0.05) is 132 Å². The molecule has 556 valence electrons. The zero-order valence-electron chi connectivity index (χ0n) is 59.4. The van der Waals surface area contributed by atoms with Gasteiger partial charge in [0, 0.05) is 82.6 Å². The molecule has 14 aromatic rings. The summed E-state index contributed by atoms with van der Waals surface area (Å²) in [5, 5.41) is 28.7. The number of halogens is 3. The van der Waals surface area contributed by atoms with Crippen LogP contribution in [-0.2, 0) is 0 Å². The molecule has 0 amide bonds. The van der Waals surface area contributed by atoms with E-state index in [0.717, 1.165) is 61.4 Å². The third kappa shape index (κ3) is 20.1. The summed E-state index contributed by atoms with van der Waals surface area (Å²) in [6, 6.07) is 56.8. The fourth-order valence-corrected chi connectivity index (χ4v) is 12.1. The third-order valence-electron chi connectivity index (χ3n) is 16.3. The average molecular weight is 1580 g/mol. The van der Waals surface area contributed by atoms with E-state index in [2.05, 4.69) is 65.0 Å². The molecule has 110 heavy (non-hydrogen) atoms. The van der Waals surface area contributed by atoms with Crippen molar-refractivity contribution in [2.24, 2.45) is 5.73 Å². The SMILES string of the molecule is C[C@H](N)c1cc2cccc(Cl)c2c(=O)n1-c1ccccc1.Cc1cc(B(O)O)ccn1.S.S.S.[C-]#[N+]c1cnc(N)nc1Cl.[C-]#[N+]c1cnc(N)nc1N[C@@H](C)c1cc2cccc(-c3ccnc(C)c3)c2c(=O)n1-c1ccccc1.[C-]#[N+]c1cnc(N)nc1N[C@@H](C)c1cc2cccc(Cl)c2c(=O)n1-c1ccccc1. The van der Waals surface area contributed by atoms with Crippen molar-refractivity contribution in [1.82, 2.24) is 53.6 Å². The molecule has 0 saturated heterocycles. The Bertz CT molecular complexity index is 5940.